The molecule has 4 atom stereocenters. The molecular weight excluding hydrogens is 281 g/mol. The standard InChI is InChI=1S/C16H21F3O2/c1-10-7-8-12(9-11(10)2)15(20)13-5-3-4-6-14(13)21-16(17,18)19/h3-6,10-12,15,20H,7-9H2,1-2H3. The number of benzene rings is 1. The summed E-state index contributed by atoms with van der Waals surface area (Å²) in [7, 11) is 0. The van der Waals surface area contributed by atoms with E-state index in [1.165, 1.54) is 18.2 Å². The van der Waals surface area contributed by atoms with Crippen LogP contribution in [0.5, 0.6) is 5.75 Å². The van der Waals surface area contributed by atoms with E-state index in [0.29, 0.717) is 11.8 Å². The van der Waals surface area contributed by atoms with Gasteiger partial charge in [0, 0.05) is 5.56 Å². The summed E-state index contributed by atoms with van der Waals surface area (Å²) in [6.45, 7) is 4.30. The zero-order chi connectivity index (χ0) is 15.6. The molecule has 0 amide bonds. The topological polar surface area (TPSA) is 29.5 Å². The highest BCUT2D eigenvalue weighted by atomic mass is 19.4. The van der Waals surface area contributed by atoms with Crippen LogP contribution in [0, 0.1) is 17.8 Å². The van der Waals surface area contributed by atoms with Crippen molar-refractivity contribution in [2.24, 2.45) is 17.8 Å². The van der Waals surface area contributed by atoms with E-state index in [0.717, 1.165) is 19.3 Å². The summed E-state index contributed by atoms with van der Waals surface area (Å²) < 4.78 is 41.3. The maximum absolute atomic E-state index is 12.4. The quantitative estimate of drug-likeness (QED) is 0.877. The van der Waals surface area contributed by atoms with Crippen LogP contribution in [-0.2, 0) is 0 Å². The maximum Gasteiger partial charge on any atom is 0.573 e. The molecular formula is C16H21F3O2. The van der Waals surface area contributed by atoms with E-state index in [1.54, 1.807) is 6.07 Å². The molecule has 1 N–H and O–H groups in total. The SMILES string of the molecule is CC1CCC(C(O)c2ccccc2OC(F)(F)F)CC1C. The van der Waals surface area contributed by atoms with Crippen LogP contribution in [0.15, 0.2) is 24.3 Å². The third kappa shape index (κ3) is 4.13. The molecule has 4 unspecified atom stereocenters. The van der Waals surface area contributed by atoms with Gasteiger partial charge in [-0.2, -0.15) is 0 Å². The summed E-state index contributed by atoms with van der Waals surface area (Å²) in [5, 5.41) is 10.5. The van der Waals surface area contributed by atoms with Crippen LogP contribution in [0.3, 0.4) is 0 Å². The van der Waals surface area contributed by atoms with Crippen molar-refractivity contribution in [2.45, 2.75) is 45.6 Å². The van der Waals surface area contributed by atoms with E-state index in [4.69, 9.17) is 0 Å². The molecule has 0 bridgehead atoms. The molecule has 5 heteroatoms. The summed E-state index contributed by atoms with van der Waals surface area (Å²) in [5.74, 6) is 0.738. The van der Waals surface area contributed by atoms with Crippen LogP contribution >= 0.6 is 0 Å². The molecule has 1 aromatic rings. The van der Waals surface area contributed by atoms with Crippen LogP contribution in [0.4, 0.5) is 13.2 Å². The van der Waals surface area contributed by atoms with E-state index in [1.807, 2.05) is 0 Å². The second-order valence-electron chi connectivity index (χ2n) is 6.06. The Morgan fingerprint density at radius 1 is 1.14 bits per heavy atom. The fourth-order valence-electron chi connectivity index (χ4n) is 3.07. The lowest BCUT2D eigenvalue weighted by atomic mass is 9.73. The normalized spacial score (nSPS) is 28.2. The van der Waals surface area contributed by atoms with Gasteiger partial charge in [0.2, 0.25) is 0 Å². The smallest absolute Gasteiger partial charge is 0.405 e. The van der Waals surface area contributed by atoms with Crippen LogP contribution < -0.4 is 4.74 Å². The van der Waals surface area contributed by atoms with Gasteiger partial charge >= 0.3 is 6.36 Å². The van der Waals surface area contributed by atoms with Gasteiger partial charge in [-0.3, -0.25) is 0 Å². The number of aliphatic hydroxyl groups is 1. The van der Waals surface area contributed by atoms with E-state index < -0.39 is 12.5 Å². The van der Waals surface area contributed by atoms with Gasteiger partial charge in [0.25, 0.3) is 0 Å². The number of hydrogen-bond acceptors (Lipinski definition) is 2. The monoisotopic (exact) mass is 302 g/mol. The molecule has 0 aliphatic heterocycles. The summed E-state index contributed by atoms with van der Waals surface area (Å²) in [4.78, 5) is 0. The molecule has 0 spiro atoms. The molecule has 0 saturated heterocycles. The van der Waals surface area contributed by atoms with Crippen LogP contribution in [0.2, 0.25) is 0 Å². The van der Waals surface area contributed by atoms with Crippen molar-refractivity contribution < 1.29 is 23.0 Å². The molecule has 0 heterocycles. The number of para-hydroxylation sites is 1. The first-order valence-corrected chi connectivity index (χ1v) is 7.30. The molecule has 1 saturated carbocycles. The lowest BCUT2D eigenvalue weighted by molar-refractivity contribution is -0.275. The van der Waals surface area contributed by atoms with Crippen molar-refractivity contribution in [3.63, 3.8) is 0 Å². The molecule has 118 valence electrons. The number of alkyl halides is 3. The zero-order valence-corrected chi connectivity index (χ0v) is 12.2. The minimum atomic E-state index is -4.75. The maximum atomic E-state index is 12.4. The van der Waals surface area contributed by atoms with Crippen molar-refractivity contribution in [1.29, 1.82) is 0 Å². The van der Waals surface area contributed by atoms with Gasteiger partial charge in [0.15, 0.2) is 0 Å². The van der Waals surface area contributed by atoms with Gasteiger partial charge < -0.3 is 9.84 Å². The Labute approximate surface area is 122 Å². The first-order valence-electron chi connectivity index (χ1n) is 7.30. The first-order chi connectivity index (χ1) is 9.78. The Balaban J connectivity index is 2.17. The van der Waals surface area contributed by atoms with Crippen LogP contribution in [0.25, 0.3) is 0 Å². The molecule has 0 aromatic heterocycles. The summed E-state index contributed by atoms with van der Waals surface area (Å²) in [6.07, 6.45) is -3.02. The minimum absolute atomic E-state index is 0.0193. The van der Waals surface area contributed by atoms with E-state index in [9.17, 15) is 18.3 Å². The minimum Gasteiger partial charge on any atom is -0.405 e. The summed E-state index contributed by atoms with van der Waals surface area (Å²) in [5.41, 5.74) is 0.224. The molecule has 21 heavy (non-hydrogen) atoms. The average Bonchev–Trinajstić information content (AvgIpc) is 2.40. The Bertz CT molecular complexity index is 473. The molecule has 2 nitrogen and oxygen atoms in total. The van der Waals surface area contributed by atoms with Gasteiger partial charge in [-0.15, -0.1) is 13.2 Å². The van der Waals surface area contributed by atoms with Crippen molar-refractivity contribution >= 4 is 0 Å². The second-order valence-corrected chi connectivity index (χ2v) is 6.06. The molecule has 2 rings (SSSR count). The summed E-state index contributed by atoms with van der Waals surface area (Å²) in [6, 6.07) is 5.86. The Hall–Kier alpha value is -1.23. The molecule has 1 fully saturated rings. The number of hydrogen-bond donors (Lipinski definition) is 1. The van der Waals surface area contributed by atoms with Crippen LogP contribution in [-0.4, -0.2) is 11.5 Å². The largest absolute Gasteiger partial charge is 0.573 e. The van der Waals surface area contributed by atoms with Gasteiger partial charge in [0.05, 0.1) is 6.10 Å². The molecule has 1 aliphatic carbocycles. The highest BCUT2D eigenvalue weighted by Gasteiger charge is 2.35. The molecule has 1 aliphatic rings. The number of halogens is 3. The fourth-order valence-corrected chi connectivity index (χ4v) is 3.07. The first kappa shape index (κ1) is 16.1. The van der Waals surface area contributed by atoms with Gasteiger partial charge in [0.1, 0.15) is 5.75 Å². The number of ether oxygens (including phenoxy) is 1. The third-order valence-electron chi connectivity index (χ3n) is 4.55. The van der Waals surface area contributed by atoms with Crippen molar-refractivity contribution in [3.8, 4) is 5.75 Å². The fraction of sp³-hybridized carbons (Fsp3) is 0.625. The Morgan fingerprint density at radius 3 is 2.43 bits per heavy atom. The third-order valence-corrected chi connectivity index (χ3v) is 4.55. The number of aliphatic hydroxyl groups excluding tert-OH is 1. The van der Waals surface area contributed by atoms with E-state index >= 15 is 0 Å². The van der Waals surface area contributed by atoms with Crippen molar-refractivity contribution in [3.05, 3.63) is 29.8 Å². The zero-order valence-electron chi connectivity index (χ0n) is 12.2. The molecule has 0 radical (unpaired) electrons. The Kier molecular flexibility index (Phi) is 4.81. The van der Waals surface area contributed by atoms with Gasteiger partial charge in [-0.25, -0.2) is 0 Å². The second kappa shape index (κ2) is 6.26. The van der Waals surface area contributed by atoms with Gasteiger partial charge in [-0.1, -0.05) is 38.5 Å². The van der Waals surface area contributed by atoms with E-state index in [2.05, 4.69) is 18.6 Å². The predicted octanol–water partition coefficient (Wildman–Crippen LogP) is 4.69. The van der Waals surface area contributed by atoms with Crippen LogP contribution in [0.1, 0.15) is 44.8 Å². The predicted molar refractivity (Wildman–Crippen MR) is 73.8 cm³/mol. The lowest BCUT2D eigenvalue weighted by Gasteiger charge is -2.35. The van der Waals surface area contributed by atoms with E-state index in [-0.39, 0.29) is 17.2 Å². The average molecular weight is 302 g/mol. The highest BCUT2D eigenvalue weighted by Crippen LogP contribution is 2.42. The molecule has 1 aromatic carbocycles. The lowest BCUT2D eigenvalue weighted by Crippen LogP contribution is -2.26. The van der Waals surface area contributed by atoms with Gasteiger partial charge in [-0.05, 0) is 36.7 Å². The summed E-state index contributed by atoms with van der Waals surface area (Å²) >= 11 is 0. The highest BCUT2D eigenvalue weighted by molar-refractivity contribution is 5.35. The number of rotatable bonds is 3. The van der Waals surface area contributed by atoms with Crippen molar-refractivity contribution in [2.75, 3.05) is 0 Å². The Morgan fingerprint density at radius 2 is 1.81 bits per heavy atom. The van der Waals surface area contributed by atoms with Crippen molar-refractivity contribution in [1.82, 2.24) is 0 Å².